The van der Waals surface area contributed by atoms with Crippen LogP contribution in [-0.4, -0.2) is 31.2 Å². The normalized spacial score (nSPS) is 12.2. The summed E-state index contributed by atoms with van der Waals surface area (Å²) in [4.78, 5) is 45.8. The zero-order chi connectivity index (χ0) is 50.3. The van der Waals surface area contributed by atoms with Gasteiger partial charge in [0.25, 0.3) is 0 Å². The topological polar surface area (TPSA) is 140 Å². The third-order valence-corrected chi connectivity index (χ3v) is 14.9. The minimum absolute atomic E-state index is 0.173. The summed E-state index contributed by atoms with van der Waals surface area (Å²) >= 11 is 3.07. The highest BCUT2D eigenvalue weighted by molar-refractivity contribution is 7.24. The van der Waals surface area contributed by atoms with Gasteiger partial charge in [0.2, 0.25) is 0 Å². The molecule has 0 radical (unpaired) electrons. The van der Waals surface area contributed by atoms with Crippen molar-refractivity contribution in [3.63, 3.8) is 0 Å². The molecule has 12 heteroatoms. The molecule has 0 aliphatic carbocycles. The Morgan fingerprint density at radius 1 is 0.639 bits per heavy atom. The molecule has 0 saturated carbocycles. The van der Waals surface area contributed by atoms with Crippen LogP contribution in [0, 0.1) is 11.3 Å². The lowest BCUT2D eigenvalue weighted by molar-refractivity contribution is -0.132. The number of fused-ring (bicyclic) bond motifs is 2. The summed E-state index contributed by atoms with van der Waals surface area (Å²) in [6.07, 6.45) is 9.71. The minimum Gasteiger partial charge on any atom is -0.477 e. The number of thiophene rings is 2. The molecule has 0 aliphatic rings. The second-order valence-corrected chi connectivity index (χ2v) is 19.2. The van der Waals surface area contributed by atoms with Crippen molar-refractivity contribution in [3.05, 3.63) is 205 Å². The first kappa shape index (κ1) is 48.7. The van der Waals surface area contributed by atoms with Gasteiger partial charge in [-0.1, -0.05) is 67.6 Å². The molecule has 2 N–H and O–H groups in total. The number of nitrogens with zero attached hydrogens (tertiary/aromatic N) is 3. The van der Waals surface area contributed by atoms with Crippen LogP contribution >= 0.6 is 22.7 Å². The highest BCUT2D eigenvalue weighted by atomic mass is 32.1. The fraction of sp³-hybridized carbons (Fsp3) is 0.133. The zero-order valence-electron chi connectivity index (χ0n) is 40.1. The number of carbonyl (C=O) groups is 1. The van der Waals surface area contributed by atoms with E-state index in [1.807, 2.05) is 116 Å². The molecular formula is C60H50N4O6S2. The molecule has 0 saturated heterocycles. The van der Waals surface area contributed by atoms with Gasteiger partial charge < -0.3 is 29.1 Å². The van der Waals surface area contributed by atoms with Gasteiger partial charge in [-0.3, -0.25) is 0 Å². The van der Waals surface area contributed by atoms with Crippen LogP contribution in [0.25, 0.3) is 72.5 Å². The molecule has 10 nitrogen and oxygen atoms in total. The van der Waals surface area contributed by atoms with Gasteiger partial charge in [0.1, 0.15) is 22.8 Å². The second-order valence-electron chi connectivity index (χ2n) is 17.0. The van der Waals surface area contributed by atoms with Crippen LogP contribution in [0.2, 0.25) is 0 Å². The number of rotatable bonds is 17. The van der Waals surface area contributed by atoms with Crippen LogP contribution in [0.15, 0.2) is 170 Å². The second kappa shape index (κ2) is 21.7. The first-order valence-electron chi connectivity index (χ1n) is 23.6. The number of carboxylic acids is 1. The van der Waals surface area contributed by atoms with Crippen molar-refractivity contribution in [3.8, 4) is 26.3 Å². The van der Waals surface area contributed by atoms with Crippen LogP contribution in [0.4, 0.5) is 22.7 Å². The van der Waals surface area contributed by atoms with Crippen molar-refractivity contribution < 1.29 is 18.7 Å². The lowest BCUT2D eigenvalue weighted by atomic mass is 10.0. The van der Waals surface area contributed by atoms with Gasteiger partial charge in [0, 0.05) is 78.2 Å². The Labute approximate surface area is 425 Å². The molecule has 358 valence electrons. The lowest BCUT2D eigenvalue weighted by Gasteiger charge is -2.26. The summed E-state index contributed by atoms with van der Waals surface area (Å²) in [7, 11) is 1.92. The largest absolute Gasteiger partial charge is 0.477 e. The monoisotopic (exact) mass is 986 g/mol. The van der Waals surface area contributed by atoms with E-state index < -0.39 is 17.2 Å². The average molecular weight is 987 g/mol. The summed E-state index contributed by atoms with van der Waals surface area (Å²) in [5, 5.41) is 23.5. The molecule has 5 aromatic carbocycles. The molecule has 9 rings (SSSR count). The molecule has 0 bridgehead atoms. The van der Waals surface area contributed by atoms with Gasteiger partial charge in [-0.05, 0) is 159 Å². The fourth-order valence-corrected chi connectivity index (χ4v) is 10.7. The van der Waals surface area contributed by atoms with Crippen molar-refractivity contribution in [2.75, 3.05) is 29.9 Å². The van der Waals surface area contributed by atoms with E-state index in [9.17, 15) is 24.8 Å². The fourth-order valence-electron chi connectivity index (χ4n) is 8.64. The van der Waals surface area contributed by atoms with Gasteiger partial charge >= 0.3 is 17.2 Å². The van der Waals surface area contributed by atoms with E-state index in [-0.39, 0.29) is 11.6 Å². The molecule has 72 heavy (non-hydrogen) atoms. The minimum atomic E-state index is -1.25. The van der Waals surface area contributed by atoms with Crippen LogP contribution < -0.4 is 26.4 Å². The van der Waals surface area contributed by atoms with Crippen LogP contribution in [0.3, 0.4) is 0 Å². The highest BCUT2D eigenvalue weighted by Crippen LogP contribution is 2.41. The quantitative estimate of drug-likeness (QED) is 0.0515. The zero-order valence-corrected chi connectivity index (χ0v) is 41.7. The maximum absolute atomic E-state index is 13.1. The van der Waals surface area contributed by atoms with Gasteiger partial charge in [0.15, 0.2) is 0 Å². The molecule has 4 heterocycles. The van der Waals surface area contributed by atoms with E-state index in [1.54, 1.807) is 29.6 Å². The highest BCUT2D eigenvalue weighted by Gasteiger charge is 2.16. The average Bonchev–Trinajstić information content (AvgIpc) is 4.09. The van der Waals surface area contributed by atoms with Gasteiger partial charge in [-0.15, -0.1) is 22.7 Å². The predicted octanol–water partition coefficient (Wildman–Crippen LogP) is 14.7. The molecular weight excluding hydrogens is 937 g/mol. The van der Waals surface area contributed by atoms with Crippen LogP contribution in [0.1, 0.15) is 65.9 Å². The molecule has 0 spiro atoms. The Morgan fingerprint density at radius 3 is 1.69 bits per heavy atom. The Hall–Kier alpha value is -8.34. The number of nitrogens with one attached hydrogen (secondary N) is 1. The SMILES string of the molecule is CCC(NC)c1ccc2cc(/C=C/c3ccc(N(c4ccc(/C=C/c5cc6ccc(N(CC)CC)cc6oc5=O)cc4)c4ccc(-c5ccc(-c6ccc(/C=C(\C#N)C(=O)O)s6)s5)cc4)cc3)c(=O)oc2c1. The first-order chi connectivity index (χ1) is 35.0. The summed E-state index contributed by atoms with van der Waals surface area (Å²) < 4.78 is 11.6. The van der Waals surface area contributed by atoms with Gasteiger partial charge in [0.05, 0.1) is 11.1 Å². The van der Waals surface area contributed by atoms with Gasteiger partial charge in [-0.2, -0.15) is 5.26 Å². The van der Waals surface area contributed by atoms with Crippen molar-refractivity contribution in [1.82, 2.24) is 5.32 Å². The Kier molecular flexibility index (Phi) is 14.7. The number of anilines is 4. The molecule has 1 unspecified atom stereocenters. The van der Waals surface area contributed by atoms with Crippen molar-refractivity contribution in [2.24, 2.45) is 0 Å². The van der Waals surface area contributed by atoms with Gasteiger partial charge in [-0.25, -0.2) is 14.4 Å². The van der Waals surface area contributed by atoms with E-state index in [0.717, 1.165) is 89.9 Å². The van der Waals surface area contributed by atoms with E-state index in [4.69, 9.17) is 8.83 Å². The Balaban J connectivity index is 0.990. The van der Waals surface area contributed by atoms with E-state index in [2.05, 4.69) is 84.4 Å². The Morgan fingerprint density at radius 2 is 1.15 bits per heavy atom. The maximum Gasteiger partial charge on any atom is 0.346 e. The number of hydrogen-bond acceptors (Lipinski definition) is 11. The molecule has 0 aliphatic heterocycles. The van der Waals surface area contributed by atoms with Crippen molar-refractivity contribution in [1.29, 1.82) is 5.26 Å². The van der Waals surface area contributed by atoms with Crippen molar-refractivity contribution >= 4 is 104 Å². The number of benzene rings is 5. The molecule has 9 aromatic rings. The molecule has 0 amide bonds. The molecule has 4 aromatic heterocycles. The first-order valence-corrected chi connectivity index (χ1v) is 25.3. The smallest absolute Gasteiger partial charge is 0.346 e. The Bertz CT molecular complexity index is 3520. The number of hydrogen-bond donors (Lipinski definition) is 2. The number of aliphatic carboxylic acids is 1. The summed E-state index contributed by atoms with van der Waals surface area (Å²) in [5.74, 6) is -1.25. The van der Waals surface area contributed by atoms with Crippen LogP contribution in [0.5, 0.6) is 0 Å². The lowest BCUT2D eigenvalue weighted by Crippen LogP contribution is -2.21. The van der Waals surface area contributed by atoms with E-state index in [0.29, 0.717) is 27.2 Å². The predicted molar refractivity (Wildman–Crippen MR) is 297 cm³/mol. The maximum atomic E-state index is 13.1. The van der Waals surface area contributed by atoms with E-state index in [1.165, 1.54) is 17.4 Å². The van der Waals surface area contributed by atoms with E-state index >= 15 is 0 Å². The molecule has 0 fully saturated rings. The summed E-state index contributed by atoms with van der Waals surface area (Å²) in [5.41, 5.74) is 8.63. The summed E-state index contributed by atoms with van der Waals surface area (Å²) in [6.45, 7) is 8.02. The third-order valence-electron chi connectivity index (χ3n) is 12.6. The van der Waals surface area contributed by atoms with Crippen molar-refractivity contribution in [2.45, 2.75) is 33.2 Å². The van der Waals surface area contributed by atoms with Crippen LogP contribution in [-0.2, 0) is 4.79 Å². The number of nitriles is 1. The number of carboxylic acid groups (broad SMARTS) is 1. The third kappa shape index (κ3) is 10.7. The summed E-state index contributed by atoms with van der Waals surface area (Å²) in [6, 6.07) is 50.1. The standard InChI is InChI=1S/C60H50N4O6S2/c1-5-52(62-4)41-16-17-42-32-44(59(67)69-53(42)35-41)14-8-38-10-21-47(22-11-38)64(49-25-18-40(19-26-49)55-30-31-57(72-55)56-29-28-51(71-56)34-46(37-61)58(65)66)48-23-12-39(13-24-48)9-15-45-33-43-20-27-50(63(6-2)7-3)36-54(43)70-60(45)68/h8-36,52,62H,5-7H2,1-4H3,(H,65,66)/b14-8+,15-9+,46-34+. The molecule has 1 atom stereocenters.